The number of hydrogen-bond acceptors (Lipinski definition) is 5. The SMILES string of the molecule is CC(=O)Nc1ccc(N(CC(=O)NCCCN(C)C)S(C)(=O)=O)cc1. The molecule has 9 heteroatoms. The van der Waals surface area contributed by atoms with Crippen LogP contribution in [0.15, 0.2) is 24.3 Å². The largest absolute Gasteiger partial charge is 0.354 e. The third-order valence-corrected chi connectivity index (χ3v) is 4.41. The predicted molar refractivity (Wildman–Crippen MR) is 99.1 cm³/mol. The van der Waals surface area contributed by atoms with Crippen molar-refractivity contribution in [3.05, 3.63) is 24.3 Å². The van der Waals surface area contributed by atoms with Crippen LogP contribution in [0.1, 0.15) is 13.3 Å². The van der Waals surface area contributed by atoms with E-state index >= 15 is 0 Å². The molecule has 0 heterocycles. The molecule has 8 nitrogen and oxygen atoms in total. The van der Waals surface area contributed by atoms with Crippen LogP contribution in [-0.2, 0) is 19.6 Å². The first kappa shape index (κ1) is 20.9. The van der Waals surface area contributed by atoms with Crippen LogP contribution in [-0.4, -0.2) is 65.1 Å². The van der Waals surface area contributed by atoms with Gasteiger partial charge in [0.2, 0.25) is 21.8 Å². The van der Waals surface area contributed by atoms with Gasteiger partial charge < -0.3 is 15.5 Å². The average Bonchev–Trinajstić information content (AvgIpc) is 2.48. The number of carbonyl (C=O) groups is 2. The van der Waals surface area contributed by atoms with E-state index in [1.165, 1.54) is 6.92 Å². The number of rotatable bonds is 9. The molecule has 0 fully saturated rings. The summed E-state index contributed by atoms with van der Waals surface area (Å²) < 4.78 is 25.1. The molecule has 2 amide bonds. The molecule has 0 radical (unpaired) electrons. The standard InChI is InChI=1S/C16H26N4O4S/c1-13(21)18-14-6-8-15(9-7-14)20(25(4,23)24)12-16(22)17-10-5-11-19(2)3/h6-9H,5,10-12H2,1-4H3,(H,17,22)(H,18,21). The van der Waals surface area contributed by atoms with Crippen LogP contribution in [0.5, 0.6) is 0 Å². The van der Waals surface area contributed by atoms with Crippen LogP contribution in [0.3, 0.4) is 0 Å². The van der Waals surface area contributed by atoms with Gasteiger partial charge in [-0.2, -0.15) is 0 Å². The zero-order valence-electron chi connectivity index (χ0n) is 15.1. The fraction of sp³-hybridized carbons (Fsp3) is 0.500. The zero-order chi connectivity index (χ0) is 19.0. The van der Waals surface area contributed by atoms with Crippen molar-refractivity contribution in [1.82, 2.24) is 10.2 Å². The van der Waals surface area contributed by atoms with Crippen molar-refractivity contribution in [1.29, 1.82) is 0 Å². The molecule has 0 bridgehead atoms. The van der Waals surface area contributed by atoms with Gasteiger partial charge >= 0.3 is 0 Å². The van der Waals surface area contributed by atoms with Crippen molar-refractivity contribution >= 4 is 33.2 Å². The summed E-state index contributed by atoms with van der Waals surface area (Å²) in [7, 11) is 0.269. The van der Waals surface area contributed by atoms with Gasteiger partial charge in [-0.05, 0) is 51.3 Å². The molecule has 1 aromatic carbocycles. The van der Waals surface area contributed by atoms with E-state index in [4.69, 9.17) is 0 Å². The third-order valence-electron chi connectivity index (χ3n) is 3.27. The summed E-state index contributed by atoms with van der Waals surface area (Å²) in [6.45, 7) is 2.41. The third kappa shape index (κ3) is 7.99. The lowest BCUT2D eigenvalue weighted by Crippen LogP contribution is -2.41. The number of nitrogens with one attached hydrogen (secondary N) is 2. The van der Waals surface area contributed by atoms with Crippen molar-refractivity contribution < 1.29 is 18.0 Å². The summed E-state index contributed by atoms with van der Waals surface area (Å²) >= 11 is 0. The maximum Gasteiger partial charge on any atom is 0.240 e. The van der Waals surface area contributed by atoms with Gasteiger partial charge in [0.1, 0.15) is 6.54 Å². The van der Waals surface area contributed by atoms with Gasteiger partial charge in [-0.3, -0.25) is 13.9 Å². The second-order valence-corrected chi connectivity index (χ2v) is 7.91. The van der Waals surface area contributed by atoms with Gasteiger partial charge in [-0.15, -0.1) is 0 Å². The quantitative estimate of drug-likeness (QED) is 0.616. The van der Waals surface area contributed by atoms with E-state index in [0.29, 0.717) is 17.9 Å². The molecule has 2 N–H and O–H groups in total. The monoisotopic (exact) mass is 370 g/mol. The lowest BCUT2D eigenvalue weighted by molar-refractivity contribution is -0.119. The molecule has 25 heavy (non-hydrogen) atoms. The molecule has 0 spiro atoms. The minimum Gasteiger partial charge on any atom is -0.354 e. The Balaban J connectivity index is 2.75. The zero-order valence-corrected chi connectivity index (χ0v) is 15.9. The van der Waals surface area contributed by atoms with Crippen molar-refractivity contribution in [3.8, 4) is 0 Å². The van der Waals surface area contributed by atoms with Crippen LogP contribution < -0.4 is 14.9 Å². The highest BCUT2D eigenvalue weighted by Crippen LogP contribution is 2.20. The van der Waals surface area contributed by atoms with Crippen molar-refractivity contribution in [2.45, 2.75) is 13.3 Å². The molecule has 0 aliphatic rings. The maximum atomic E-state index is 12.0. The minimum absolute atomic E-state index is 0.218. The Morgan fingerprint density at radius 3 is 2.20 bits per heavy atom. The Morgan fingerprint density at radius 1 is 1.12 bits per heavy atom. The number of anilines is 2. The Bertz CT molecular complexity index is 687. The summed E-state index contributed by atoms with van der Waals surface area (Å²) in [4.78, 5) is 25.1. The van der Waals surface area contributed by atoms with Crippen LogP contribution in [0.2, 0.25) is 0 Å². The first-order valence-electron chi connectivity index (χ1n) is 7.86. The fourth-order valence-electron chi connectivity index (χ4n) is 2.12. The summed E-state index contributed by atoms with van der Waals surface area (Å²) in [6.07, 6.45) is 1.83. The van der Waals surface area contributed by atoms with Gasteiger partial charge in [-0.25, -0.2) is 8.42 Å². The maximum absolute atomic E-state index is 12.0. The number of carbonyl (C=O) groups excluding carboxylic acids is 2. The molecule has 0 aliphatic carbocycles. The molecule has 0 aliphatic heterocycles. The van der Waals surface area contributed by atoms with Crippen molar-refractivity contribution in [2.24, 2.45) is 0 Å². The van der Waals surface area contributed by atoms with E-state index in [-0.39, 0.29) is 18.4 Å². The van der Waals surface area contributed by atoms with E-state index in [0.717, 1.165) is 23.5 Å². The number of amides is 2. The van der Waals surface area contributed by atoms with Crippen LogP contribution in [0.4, 0.5) is 11.4 Å². The summed E-state index contributed by atoms with van der Waals surface area (Å²) in [5.74, 6) is -0.583. The Hall–Kier alpha value is -2.13. The second-order valence-electron chi connectivity index (χ2n) is 6.00. The van der Waals surface area contributed by atoms with Gasteiger partial charge in [-0.1, -0.05) is 0 Å². The van der Waals surface area contributed by atoms with E-state index in [1.807, 2.05) is 19.0 Å². The van der Waals surface area contributed by atoms with Gasteiger partial charge in [0.05, 0.1) is 11.9 Å². The topological polar surface area (TPSA) is 98.8 Å². The lowest BCUT2D eigenvalue weighted by atomic mass is 10.2. The highest BCUT2D eigenvalue weighted by Gasteiger charge is 2.20. The molecule has 0 atom stereocenters. The number of sulfonamides is 1. The summed E-state index contributed by atoms with van der Waals surface area (Å²) in [6, 6.07) is 6.27. The van der Waals surface area contributed by atoms with Crippen molar-refractivity contribution in [2.75, 3.05) is 49.6 Å². The van der Waals surface area contributed by atoms with Gasteiger partial charge in [0.15, 0.2) is 0 Å². The Labute approximate surface area is 149 Å². The molecule has 0 aromatic heterocycles. The highest BCUT2D eigenvalue weighted by molar-refractivity contribution is 7.92. The Kier molecular flexibility index (Phi) is 7.85. The molecular weight excluding hydrogens is 344 g/mol. The van der Waals surface area contributed by atoms with Crippen LogP contribution in [0.25, 0.3) is 0 Å². The average molecular weight is 370 g/mol. The summed E-state index contributed by atoms with van der Waals surface area (Å²) in [5.41, 5.74) is 0.915. The lowest BCUT2D eigenvalue weighted by Gasteiger charge is -2.22. The predicted octanol–water partition coefficient (Wildman–Crippen LogP) is 0.479. The normalized spacial score (nSPS) is 11.2. The first-order valence-corrected chi connectivity index (χ1v) is 9.71. The number of benzene rings is 1. The fourth-order valence-corrected chi connectivity index (χ4v) is 2.98. The van der Waals surface area contributed by atoms with Gasteiger partial charge in [0, 0.05) is 19.2 Å². The van der Waals surface area contributed by atoms with Gasteiger partial charge in [0.25, 0.3) is 0 Å². The molecular formula is C16H26N4O4S. The molecule has 140 valence electrons. The van der Waals surface area contributed by atoms with Crippen LogP contribution >= 0.6 is 0 Å². The molecule has 1 aromatic rings. The summed E-state index contributed by atoms with van der Waals surface area (Å²) in [5, 5.41) is 5.32. The minimum atomic E-state index is -3.62. The van der Waals surface area contributed by atoms with E-state index < -0.39 is 10.0 Å². The smallest absolute Gasteiger partial charge is 0.240 e. The Morgan fingerprint density at radius 2 is 1.72 bits per heavy atom. The first-order chi connectivity index (χ1) is 11.6. The number of hydrogen-bond donors (Lipinski definition) is 2. The van der Waals surface area contributed by atoms with E-state index in [2.05, 4.69) is 10.6 Å². The number of nitrogens with zero attached hydrogens (tertiary/aromatic N) is 2. The highest BCUT2D eigenvalue weighted by atomic mass is 32.2. The molecule has 0 saturated carbocycles. The molecule has 0 saturated heterocycles. The van der Waals surface area contributed by atoms with Crippen molar-refractivity contribution in [3.63, 3.8) is 0 Å². The molecule has 1 rings (SSSR count). The van der Waals surface area contributed by atoms with E-state index in [9.17, 15) is 18.0 Å². The molecule has 0 unspecified atom stereocenters. The van der Waals surface area contributed by atoms with E-state index in [1.54, 1.807) is 24.3 Å². The second kappa shape index (κ2) is 9.38. The van der Waals surface area contributed by atoms with Crippen LogP contribution in [0, 0.1) is 0 Å².